The van der Waals surface area contributed by atoms with Gasteiger partial charge in [-0.1, -0.05) is 37.6 Å². The molecular weight excluding hydrogens is 410 g/mol. The van der Waals surface area contributed by atoms with Crippen molar-refractivity contribution in [3.63, 3.8) is 0 Å². The van der Waals surface area contributed by atoms with Gasteiger partial charge >= 0.3 is 0 Å². The molecule has 29 heavy (non-hydrogen) atoms. The van der Waals surface area contributed by atoms with Crippen molar-refractivity contribution in [2.75, 3.05) is 36.4 Å². The zero-order chi connectivity index (χ0) is 21.0. The average molecular weight is 436 g/mol. The summed E-state index contributed by atoms with van der Waals surface area (Å²) in [5.74, 6) is -0.378. The molecule has 0 aromatic heterocycles. The van der Waals surface area contributed by atoms with E-state index >= 15 is 0 Å². The first-order valence-electron chi connectivity index (χ1n) is 9.83. The maximum atomic E-state index is 13.1. The van der Waals surface area contributed by atoms with Crippen molar-refractivity contribution in [1.29, 1.82) is 0 Å². The summed E-state index contributed by atoms with van der Waals surface area (Å²) in [5, 5.41) is 3.25. The van der Waals surface area contributed by atoms with Gasteiger partial charge in [-0.3, -0.25) is 4.79 Å². The molecule has 0 aliphatic carbocycles. The van der Waals surface area contributed by atoms with E-state index < -0.39 is 10.0 Å². The van der Waals surface area contributed by atoms with E-state index in [1.807, 2.05) is 0 Å². The average Bonchev–Trinajstić information content (AvgIpc) is 3.24. The fraction of sp³-hybridized carbons (Fsp3) is 0.381. The number of para-hydroxylation sites is 1. The van der Waals surface area contributed by atoms with E-state index in [4.69, 9.17) is 11.6 Å². The first kappa shape index (κ1) is 21.6. The van der Waals surface area contributed by atoms with Crippen LogP contribution in [0.3, 0.4) is 0 Å². The summed E-state index contributed by atoms with van der Waals surface area (Å²) in [6.07, 6.45) is 2.09. The summed E-state index contributed by atoms with van der Waals surface area (Å²) in [6, 6.07) is 11.8. The Labute approximate surface area is 177 Å². The van der Waals surface area contributed by atoms with E-state index in [9.17, 15) is 13.2 Å². The number of rotatable bonds is 7. The van der Waals surface area contributed by atoms with E-state index in [0.29, 0.717) is 29.4 Å². The highest BCUT2D eigenvalue weighted by Gasteiger charge is 2.26. The molecule has 156 valence electrons. The Morgan fingerprint density at radius 1 is 1.10 bits per heavy atom. The van der Waals surface area contributed by atoms with Crippen LogP contribution in [0.1, 0.15) is 37.0 Å². The minimum absolute atomic E-state index is 0.119. The predicted octanol–water partition coefficient (Wildman–Crippen LogP) is 4.22. The van der Waals surface area contributed by atoms with Gasteiger partial charge in [-0.2, -0.15) is 4.31 Å². The molecule has 6 nitrogen and oxygen atoms in total. The lowest BCUT2D eigenvalue weighted by Crippen LogP contribution is -2.31. The maximum absolute atomic E-state index is 13.1. The fourth-order valence-corrected chi connectivity index (χ4v) is 5.22. The van der Waals surface area contributed by atoms with Crippen LogP contribution >= 0.6 is 11.6 Å². The molecule has 1 heterocycles. The normalized spacial score (nSPS) is 14.4. The van der Waals surface area contributed by atoms with Gasteiger partial charge < -0.3 is 10.2 Å². The Hall–Kier alpha value is -2.09. The molecule has 2 aromatic rings. The first-order chi connectivity index (χ1) is 13.9. The number of nitrogens with zero attached hydrogens (tertiary/aromatic N) is 2. The second-order valence-corrected chi connectivity index (χ2v) is 9.24. The lowest BCUT2D eigenvalue weighted by molar-refractivity contribution is 0.102. The van der Waals surface area contributed by atoms with E-state index in [0.717, 1.165) is 31.6 Å². The van der Waals surface area contributed by atoms with Crippen LogP contribution in [0.25, 0.3) is 0 Å². The highest BCUT2D eigenvalue weighted by atomic mass is 35.5. The van der Waals surface area contributed by atoms with E-state index in [-0.39, 0.29) is 10.8 Å². The molecular formula is C21H26ClN3O3S. The smallest absolute Gasteiger partial charge is 0.257 e. The van der Waals surface area contributed by atoms with Crippen LogP contribution in [0.15, 0.2) is 47.4 Å². The van der Waals surface area contributed by atoms with Gasteiger partial charge in [0.1, 0.15) is 0 Å². The standard InChI is InChI=1S/C21H26ClN3O3S/c1-3-25(4-2)29(27,28)16-11-12-20(24-13-7-8-14-24)17(15-16)21(26)23-19-10-6-5-9-18(19)22/h5-6,9-12,15H,3-4,7-8,13-14H2,1-2H3,(H,23,26). The van der Waals surface area contributed by atoms with E-state index in [1.165, 1.54) is 10.4 Å². The third-order valence-electron chi connectivity index (χ3n) is 5.12. The molecule has 0 saturated carbocycles. The molecule has 0 spiro atoms. The molecule has 1 fully saturated rings. The van der Waals surface area contributed by atoms with Crippen LogP contribution in [-0.4, -0.2) is 44.8 Å². The summed E-state index contributed by atoms with van der Waals surface area (Å²) < 4.78 is 27.3. The number of nitrogens with one attached hydrogen (secondary N) is 1. The topological polar surface area (TPSA) is 69.7 Å². The monoisotopic (exact) mass is 435 g/mol. The largest absolute Gasteiger partial charge is 0.371 e. The Morgan fingerprint density at radius 2 is 1.76 bits per heavy atom. The molecule has 0 atom stereocenters. The van der Waals surface area contributed by atoms with Gasteiger partial charge in [0.15, 0.2) is 0 Å². The van der Waals surface area contributed by atoms with Crippen molar-refractivity contribution in [2.24, 2.45) is 0 Å². The summed E-state index contributed by atoms with van der Waals surface area (Å²) in [5.41, 5.74) is 1.56. The number of amides is 1. The summed E-state index contributed by atoms with van der Waals surface area (Å²) in [4.78, 5) is 15.4. The van der Waals surface area contributed by atoms with Gasteiger partial charge in [0.05, 0.1) is 21.2 Å². The molecule has 0 bridgehead atoms. The second-order valence-electron chi connectivity index (χ2n) is 6.90. The zero-order valence-electron chi connectivity index (χ0n) is 16.7. The SMILES string of the molecule is CCN(CC)S(=O)(=O)c1ccc(N2CCCC2)c(C(=O)Nc2ccccc2Cl)c1. The summed E-state index contributed by atoms with van der Waals surface area (Å²) in [7, 11) is -3.67. The number of carbonyl (C=O) groups is 1. The van der Waals surface area contributed by atoms with Crippen LogP contribution in [0, 0.1) is 0 Å². The molecule has 2 aromatic carbocycles. The molecule has 1 amide bonds. The summed E-state index contributed by atoms with van der Waals surface area (Å²) in [6.45, 7) is 6.01. The minimum Gasteiger partial charge on any atom is -0.371 e. The Bertz CT molecular complexity index is 984. The van der Waals surface area contributed by atoms with E-state index in [1.54, 1.807) is 50.2 Å². The van der Waals surface area contributed by atoms with Gasteiger partial charge in [-0.05, 0) is 43.2 Å². The van der Waals surface area contributed by atoms with Gasteiger partial charge in [0.2, 0.25) is 10.0 Å². The molecule has 3 rings (SSSR count). The minimum atomic E-state index is -3.67. The van der Waals surface area contributed by atoms with Crippen LogP contribution in [0.5, 0.6) is 0 Å². The first-order valence-corrected chi connectivity index (χ1v) is 11.6. The van der Waals surface area contributed by atoms with Crippen molar-refractivity contribution < 1.29 is 13.2 Å². The van der Waals surface area contributed by atoms with Crippen molar-refractivity contribution >= 4 is 38.9 Å². The number of sulfonamides is 1. The predicted molar refractivity (Wildman–Crippen MR) is 117 cm³/mol. The number of anilines is 2. The number of hydrogen-bond donors (Lipinski definition) is 1. The van der Waals surface area contributed by atoms with Crippen LogP contribution < -0.4 is 10.2 Å². The number of carbonyl (C=O) groups excluding carboxylic acids is 1. The van der Waals surface area contributed by atoms with Crippen molar-refractivity contribution in [2.45, 2.75) is 31.6 Å². The summed E-state index contributed by atoms with van der Waals surface area (Å²) >= 11 is 6.18. The number of halogens is 1. The molecule has 0 unspecified atom stereocenters. The number of hydrogen-bond acceptors (Lipinski definition) is 4. The third kappa shape index (κ3) is 4.57. The molecule has 1 saturated heterocycles. The van der Waals surface area contributed by atoms with Gasteiger partial charge in [0.25, 0.3) is 5.91 Å². The van der Waals surface area contributed by atoms with Gasteiger partial charge in [0, 0.05) is 31.9 Å². The fourth-order valence-electron chi connectivity index (χ4n) is 3.56. The molecule has 1 N–H and O–H groups in total. The van der Waals surface area contributed by atoms with E-state index in [2.05, 4.69) is 10.2 Å². The highest BCUT2D eigenvalue weighted by molar-refractivity contribution is 7.89. The second kappa shape index (κ2) is 9.15. The van der Waals surface area contributed by atoms with Crippen LogP contribution in [0.2, 0.25) is 5.02 Å². The van der Waals surface area contributed by atoms with Gasteiger partial charge in [-0.15, -0.1) is 0 Å². The maximum Gasteiger partial charge on any atom is 0.257 e. The molecule has 1 aliphatic rings. The third-order valence-corrected chi connectivity index (χ3v) is 7.50. The molecule has 0 radical (unpaired) electrons. The van der Waals surface area contributed by atoms with Crippen LogP contribution in [0.4, 0.5) is 11.4 Å². The Morgan fingerprint density at radius 3 is 2.38 bits per heavy atom. The van der Waals surface area contributed by atoms with Crippen molar-refractivity contribution in [1.82, 2.24) is 4.31 Å². The number of benzene rings is 2. The van der Waals surface area contributed by atoms with Gasteiger partial charge in [-0.25, -0.2) is 8.42 Å². The molecule has 8 heteroatoms. The highest BCUT2D eigenvalue weighted by Crippen LogP contribution is 2.30. The lowest BCUT2D eigenvalue weighted by atomic mass is 10.1. The Balaban J connectivity index is 2.04. The zero-order valence-corrected chi connectivity index (χ0v) is 18.3. The van der Waals surface area contributed by atoms with Crippen LogP contribution in [-0.2, 0) is 10.0 Å². The van der Waals surface area contributed by atoms with Crippen molar-refractivity contribution in [3.8, 4) is 0 Å². The Kier molecular flexibility index (Phi) is 6.82. The lowest BCUT2D eigenvalue weighted by Gasteiger charge is -2.23. The molecule has 1 aliphatic heterocycles. The quantitative estimate of drug-likeness (QED) is 0.706. The van der Waals surface area contributed by atoms with Crippen molar-refractivity contribution in [3.05, 3.63) is 53.1 Å².